The fourth-order valence-electron chi connectivity index (χ4n) is 2.96. The number of anilines is 1. The van der Waals surface area contributed by atoms with Crippen LogP contribution >= 0.6 is 11.3 Å². The van der Waals surface area contributed by atoms with Crippen molar-refractivity contribution < 1.29 is 33.4 Å². The zero-order chi connectivity index (χ0) is 26.3. The summed E-state index contributed by atoms with van der Waals surface area (Å²) in [6, 6.07) is 6.39. The molecule has 0 unspecified atom stereocenters. The van der Waals surface area contributed by atoms with Crippen molar-refractivity contribution in [3.8, 4) is 17.6 Å². The molecule has 0 fully saturated rings. The van der Waals surface area contributed by atoms with Gasteiger partial charge in [-0.05, 0) is 43.2 Å². The van der Waals surface area contributed by atoms with Gasteiger partial charge in [0.15, 0.2) is 11.5 Å². The number of esters is 2. The van der Waals surface area contributed by atoms with Crippen molar-refractivity contribution in [1.82, 2.24) is 4.90 Å². The normalized spacial score (nSPS) is 10.7. The minimum Gasteiger partial charge on any atom is -0.490 e. The molecule has 0 saturated carbocycles. The van der Waals surface area contributed by atoms with E-state index >= 15 is 0 Å². The summed E-state index contributed by atoms with van der Waals surface area (Å²) in [5.41, 5.74) is 0.573. The summed E-state index contributed by atoms with van der Waals surface area (Å²) in [4.78, 5) is 50.7. The molecule has 2 rings (SSSR count). The number of carbonyl (C=O) groups excluding carboxylic acids is 4. The fourth-order valence-corrected chi connectivity index (χ4v) is 4.18. The molecule has 0 aliphatic rings. The number of methoxy groups -OCH3 is 1. The van der Waals surface area contributed by atoms with Crippen molar-refractivity contribution in [2.24, 2.45) is 0 Å². The Balaban J connectivity index is 2.45. The monoisotopic (exact) mass is 499 g/mol. The highest BCUT2D eigenvalue weighted by Gasteiger charge is 2.27. The molecule has 2 aromatic rings. The van der Waals surface area contributed by atoms with E-state index in [1.807, 2.05) is 6.07 Å². The van der Waals surface area contributed by atoms with Crippen LogP contribution in [0.2, 0.25) is 0 Å². The Bertz CT molecular complexity index is 1240. The molecule has 0 aliphatic heterocycles. The number of benzene rings is 1. The van der Waals surface area contributed by atoms with E-state index < -0.39 is 17.8 Å². The van der Waals surface area contributed by atoms with Crippen LogP contribution in [0.4, 0.5) is 5.00 Å². The maximum atomic E-state index is 12.9. The van der Waals surface area contributed by atoms with Crippen LogP contribution in [0.25, 0.3) is 6.08 Å². The molecule has 10 nitrogen and oxygen atoms in total. The third-order valence-electron chi connectivity index (χ3n) is 4.56. The number of ether oxygens (including phenoxy) is 3. The molecule has 1 N–H and O–H groups in total. The van der Waals surface area contributed by atoms with Crippen LogP contribution in [0.5, 0.6) is 11.5 Å². The van der Waals surface area contributed by atoms with Crippen LogP contribution in [0, 0.1) is 18.3 Å². The van der Waals surface area contributed by atoms with Gasteiger partial charge in [-0.1, -0.05) is 6.07 Å². The summed E-state index contributed by atoms with van der Waals surface area (Å²) in [7, 11) is 4.32. The van der Waals surface area contributed by atoms with Crippen molar-refractivity contribution in [2.45, 2.75) is 20.8 Å². The summed E-state index contributed by atoms with van der Waals surface area (Å²) in [6.45, 7) is 4.89. The molecule has 2 amide bonds. The third-order valence-corrected chi connectivity index (χ3v) is 5.76. The third kappa shape index (κ3) is 6.45. The molecule has 1 aromatic heterocycles. The zero-order valence-corrected chi connectivity index (χ0v) is 21.0. The van der Waals surface area contributed by atoms with Crippen LogP contribution in [0.1, 0.15) is 45.0 Å². The van der Waals surface area contributed by atoms with Crippen LogP contribution in [0.3, 0.4) is 0 Å². The summed E-state index contributed by atoms with van der Waals surface area (Å²) in [5, 5.41) is 12.2. The van der Waals surface area contributed by atoms with Gasteiger partial charge >= 0.3 is 11.9 Å². The van der Waals surface area contributed by atoms with E-state index in [1.54, 1.807) is 34.0 Å². The lowest BCUT2D eigenvalue weighted by molar-refractivity contribution is -0.132. The lowest BCUT2D eigenvalue weighted by atomic mass is 10.1. The summed E-state index contributed by atoms with van der Waals surface area (Å²) in [5.74, 6) is -1.91. The average molecular weight is 500 g/mol. The molecule has 0 bridgehead atoms. The lowest BCUT2D eigenvalue weighted by Crippen LogP contribution is -2.21. The topological polar surface area (TPSA) is 135 Å². The van der Waals surface area contributed by atoms with Gasteiger partial charge in [0, 0.05) is 21.0 Å². The molecule has 1 heterocycles. The second kappa shape index (κ2) is 11.8. The Labute approximate surface area is 206 Å². The van der Waals surface area contributed by atoms with Crippen LogP contribution in [-0.4, -0.2) is 56.5 Å². The quantitative estimate of drug-likeness (QED) is 0.253. The Kier molecular flexibility index (Phi) is 9.13. The Hall–Kier alpha value is -4.17. The van der Waals surface area contributed by atoms with Crippen molar-refractivity contribution in [3.05, 3.63) is 45.3 Å². The van der Waals surface area contributed by atoms with Crippen LogP contribution < -0.4 is 14.8 Å². The van der Waals surface area contributed by atoms with Gasteiger partial charge in [0.05, 0.1) is 24.2 Å². The maximum Gasteiger partial charge on any atom is 0.341 e. The molecule has 184 valence electrons. The number of hydrogen-bond acceptors (Lipinski definition) is 9. The predicted molar refractivity (Wildman–Crippen MR) is 130 cm³/mol. The van der Waals surface area contributed by atoms with E-state index in [0.29, 0.717) is 17.7 Å². The van der Waals surface area contributed by atoms with Crippen LogP contribution in [-0.2, 0) is 14.3 Å². The minimum absolute atomic E-state index is 0.0395. The van der Waals surface area contributed by atoms with E-state index in [0.717, 1.165) is 11.3 Å². The van der Waals surface area contributed by atoms with Crippen molar-refractivity contribution in [3.63, 3.8) is 0 Å². The van der Waals surface area contributed by atoms with Crippen LogP contribution in [0.15, 0.2) is 23.8 Å². The van der Waals surface area contributed by atoms with Gasteiger partial charge in [0.1, 0.15) is 16.6 Å². The van der Waals surface area contributed by atoms with Gasteiger partial charge in [-0.15, -0.1) is 11.3 Å². The molecule has 11 heteroatoms. The van der Waals surface area contributed by atoms with Gasteiger partial charge in [-0.25, -0.2) is 4.79 Å². The van der Waals surface area contributed by atoms with Gasteiger partial charge in [-0.3, -0.25) is 14.4 Å². The highest BCUT2D eigenvalue weighted by molar-refractivity contribution is 7.18. The molecule has 0 aliphatic carbocycles. The summed E-state index contributed by atoms with van der Waals surface area (Å²) < 4.78 is 15.4. The fraction of sp³-hybridized carbons (Fsp3) is 0.292. The molecule has 0 spiro atoms. The first kappa shape index (κ1) is 27.1. The molecular formula is C24H25N3O7S. The number of hydrogen-bond donors (Lipinski definition) is 1. The molecule has 0 radical (unpaired) electrons. The van der Waals surface area contributed by atoms with Gasteiger partial charge in [0.2, 0.25) is 0 Å². The van der Waals surface area contributed by atoms with E-state index in [-0.39, 0.29) is 38.4 Å². The number of nitriles is 1. The van der Waals surface area contributed by atoms with E-state index in [1.165, 1.54) is 37.1 Å². The first-order valence-electron chi connectivity index (χ1n) is 10.4. The van der Waals surface area contributed by atoms with E-state index in [9.17, 15) is 24.4 Å². The molecule has 0 saturated heterocycles. The lowest BCUT2D eigenvalue weighted by Gasteiger charge is -2.10. The Morgan fingerprint density at radius 1 is 1.20 bits per heavy atom. The number of nitrogens with zero attached hydrogens (tertiary/aromatic N) is 2. The molecule has 35 heavy (non-hydrogen) atoms. The Morgan fingerprint density at radius 3 is 2.43 bits per heavy atom. The van der Waals surface area contributed by atoms with Gasteiger partial charge < -0.3 is 24.4 Å². The number of nitrogens with one attached hydrogen (secondary N) is 1. The highest BCUT2D eigenvalue weighted by atomic mass is 32.1. The maximum absolute atomic E-state index is 12.9. The van der Waals surface area contributed by atoms with Gasteiger partial charge in [0.25, 0.3) is 11.8 Å². The Morgan fingerprint density at radius 2 is 1.89 bits per heavy atom. The van der Waals surface area contributed by atoms with Gasteiger partial charge in [-0.2, -0.15) is 5.26 Å². The number of rotatable bonds is 8. The second-order valence-corrected chi connectivity index (χ2v) is 8.33. The average Bonchev–Trinajstić information content (AvgIpc) is 3.12. The predicted octanol–water partition coefficient (Wildman–Crippen LogP) is 3.41. The molecular weight excluding hydrogens is 474 g/mol. The second-order valence-electron chi connectivity index (χ2n) is 7.31. The first-order valence-corrected chi connectivity index (χ1v) is 11.2. The molecule has 0 atom stereocenters. The van der Waals surface area contributed by atoms with Crippen molar-refractivity contribution in [1.29, 1.82) is 5.26 Å². The number of thiophene rings is 1. The number of carbonyl (C=O) groups is 4. The largest absolute Gasteiger partial charge is 0.490 e. The van der Waals surface area contributed by atoms with E-state index in [2.05, 4.69) is 5.32 Å². The number of amides is 2. The summed E-state index contributed by atoms with van der Waals surface area (Å²) in [6.07, 6.45) is 1.32. The first-order chi connectivity index (χ1) is 16.5. The minimum atomic E-state index is -0.787. The standard InChI is InChI=1S/C24H25N3O7S/c1-7-33-18-11-15(8-9-17(18)34-14(3)28)10-16(12-25)21(29)26-22-19(24(31)32-6)13(2)20(35-22)23(30)27(4)5/h8-11H,7H2,1-6H3,(H,26,29)/b16-10+. The van der Waals surface area contributed by atoms with Crippen molar-refractivity contribution in [2.75, 3.05) is 33.1 Å². The van der Waals surface area contributed by atoms with E-state index in [4.69, 9.17) is 14.2 Å². The zero-order valence-electron chi connectivity index (χ0n) is 20.2. The highest BCUT2D eigenvalue weighted by Crippen LogP contribution is 2.35. The SMILES string of the molecule is CCOc1cc(/C=C(\C#N)C(=O)Nc2sc(C(=O)N(C)C)c(C)c2C(=O)OC)ccc1OC(C)=O. The smallest absolute Gasteiger partial charge is 0.341 e. The molecule has 1 aromatic carbocycles. The summed E-state index contributed by atoms with van der Waals surface area (Å²) >= 11 is 0.916. The van der Waals surface area contributed by atoms with Crippen molar-refractivity contribution >= 4 is 46.2 Å².